The molecule has 0 N–H and O–H groups in total. The van der Waals surface area contributed by atoms with Crippen LogP contribution in [0.25, 0.3) is 0 Å². The fraction of sp³-hybridized carbons (Fsp3) is 0.100. The molecule has 5 heteroatoms. The van der Waals surface area contributed by atoms with Crippen LogP contribution in [0.15, 0.2) is 30.3 Å². The summed E-state index contributed by atoms with van der Waals surface area (Å²) >= 11 is 19.2. The van der Waals surface area contributed by atoms with Crippen molar-refractivity contribution in [3.8, 4) is 0 Å². The third-order valence-electron chi connectivity index (χ3n) is 1.95. The topological polar surface area (TPSA) is 12.9 Å². The maximum absolute atomic E-state index is 6.25. The molecule has 0 saturated heterocycles. The lowest BCUT2D eigenvalue weighted by molar-refractivity contribution is 1.09. The second kappa shape index (κ2) is 4.71. The first-order chi connectivity index (χ1) is 7.20. The van der Waals surface area contributed by atoms with Crippen LogP contribution in [0, 0.1) is 0 Å². The van der Waals surface area contributed by atoms with Crippen molar-refractivity contribution >= 4 is 46.3 Å². The normalized spacial score (nSPS) is 12.7. The third-order valence-corrected chi connectivity index (χ3v) is 4.05. The van der Waals surface area contributed by atoms with Gasteiger partial charge >= 0.3 is 0 Å². The summed E-state index contributed by atoms with van der Waals surface area (Å²) in [6.07, 6.45) is 0. The van der Waals surface area contributed by atoms with E-state index in [1.165, 1.54) is 0 Å². The van der Waals surface area contributed by atoms with Crippen LogP contribution in [0.3, 0.4) is 0 Å². The predicted molar refractivity (Wildman–Crippen MR) is 66.3 cm³/mol. The average molecular weight is 279 g/mol. The Morgan fingerprint density at radius 2 is 1.80 bits per heavy atom. The monoisotopic (exact) mass is 277 g/mol. The summed E-state index contributed by atoms with van der Waals surface area (Å²) in [5, 5.41) is 0.105. The van der Waals surface area contributed by atoms with Gasteiger partial charge in [-0.25, -0.2) is 0 Å². The maximum Gasteiger partial charge on any atom is 0.132 e. The Morgan fingerprint density at radius 1 is 1.13 bits per heavy atom. The lowest BCUT2D eigenvalue weighted by Gasteiger charge is -2.06. The molecule has 0 aliphatic carbocycles. The minimum Gasteiger partial charge on any atom is -0.193 e. The number of rotatable bonds is 2. The van der Waals surface area contributed by atoms with E-state index in [1.54, 1.807) is 0 Å². The van der Waals surface area contributed by atoms with Crippen LogP contribution in [0.1, 0.15) is 16.6 Å². The molecule has 1 aromatic carbocycles. The van der Waals surface area contributed by atoms with E-state index >= 15 is 0 Å². The van der Waals surface area contributed by atoms with E-state index in [-0.39, 0.29) is 5.38 Å². The van der Waals surface area contributed by atoms with Gasteiger partial charge in [-0.15, -0.1) is 11.6 Å². The van der Waals surface area contributed by atoms with Gasteiger partial charge in [0, 0.05) is 0 Å². The number of hydrogen-bond donors (Lipinski definition) is 0. The standard InChI is InChI=1S/C10H6Cl3NS/c11-7(6-4-2-1-3-5-6)9-8(12)10(13)15-14-9/h1-5,7H. The van der Waals surface area contributed by atoms with Crippen molar-refractivity contribution in [1.29, 1.82) is 0 Å². The van der Waals surface area contributed by atoms with Crippen LogP contribution >= 0.6 is 46.3 Å². The van der Waals surface area contributed by atoms with E-state index in [4.69, 9.17) is 34.8 Å². The molecule has 1 nitrogen and oxygen atoms in total. The Balaban J connectivity index is 2.37. The van der Waals surface area contributed by atoms with Gasteiger partial charge in [0.05, 0.1) is 10.7 Å². The number of aromatic nitrogens is 1. The zero-order valence-corrected chi connectivity index (χ0v) is 10.5. The molecule has 2 rings (SSSR count). The second-order valence-electron chi connectivity index (χ2n) is 2.93. The van der Waals surface area contributed by atoms with Crippen molar-refractivity contribution in [3.63, 3.8) is 0 Å². The molecule has 0 bridgehead atoms. The largest absolute Gasteiger partial charge is 0.193 e. The van der Waals surface area contributed by atoms with Crippen LogP contribution in [0.2, 0.25) is 9.36 Å². The molecule has 0 saturated carbocycles. The summed E-state index contributed by atoms with van der Waals surface area (Å²) in [4.78, 5) is 0. The smallest absolute Gasteiger partial charge is 0.132 e. The van der Waals surface area contributed by atoms with Gasteiger partial charge in [0.1, 0.15) is 9.71 Å². The molecule has 1 heterocycles. The van der Waals surface area contributed by atoms with Crippen LogP contribution in [-0.4, -0.2) is 4.37 Å². The maximum atomic E-state index is 6.25. The lowest BCUT2D eigenvalue weighted by Crippen LogP contribution is -1.93. The van der Waals surface area contributed by atoms with Crippen molar-refractivity contribution < 1.29 is 0 Å². The number of benzene rings is 1. The van der Waals surface area contributed by atoms with E-state index in [0.717, 1.165) is 17.1 Å². The van der Waals surface area contributed by atoms with Gasteiger partial charge in [-0.3, -0.25) is 0 Å². The summed E-state index contributed by atoms with van der Waals surface area (Å²) in [6, 6.07) is 9.64. The first kappa shape index (κ1) is 11.2. The van der Waals surface area contributed by atoms with Gasteiger partial charge < -0.3 is 0 Å². The molecule has 0 spiro atoms. The number of halogens is 3. The molecule has 1 atom stereocenters. The molecule has 0 radical (unpaired) electrons. The Hall–Kier alpha value is -0.280. The summed E-state index contributed by atoms with van der Waals surface area (Å²) < 4.78 is 4.62. The van der Waals surface area contributed by atoms with Crippen molar-refractivity contribution in [3.05, 3.63) is 50.9 Å². The minimum absolute atomic E-state index is 0.345. The molecule has 1 aromatic heterocycles. The van der Waals surface area contributed by atoms with Gasteiger partial charge in [-0.2, -0.15) is 4.37 Å². The van der Waals surface area contributed by atoms with E-state index in [2.05, 4.69) is 4.37 Å². The molecule has 78 valence electrons. The van der Waals surface area contributed by atoms with Gasteiger partial charge in [0.25, 0.3) is 0 Å². The molecule has 0 aliphatic rings. The van der Waals surface area contributed by atoms with Crippen LogP contribution < -0.4 is 0 Å². The molecular formula is C10H6Cl3NS. The zero-order valence-electron chi connectivity index (χ0n) is 7.45. The van der Waals surface area contributed by atoms with Crippen molar-refractivity contribution in [1.82, 2.24) is 4.37 Å². The quantitative estimate of drug-likeness (QED) is 0.721. The predicted octanol–water partition coefficient (Wildman–Crippen LogP) is 4.78. The summed E-state index contributed by atoms with van der Waals surface area (Å²) in [6.45, 7) is 0. The molecule has 1 unspecified atom stereocenters. The number of hydrogen-bond acceptors (Lipinski definition) is 2. The first-order valence-corrected chi connectivity index (χ1v) is 6.16. The Bertz CT molecular complexity index is 455. The molecule has 0 aliphatic heterocycles. The molecule has 15 heavy (non-hydrogen) atoms. The highest BCUT2D eigenvalue weighted by Gasteiger charge is 2.19. The van der Waals surface area contributed by atoms with E-state index in [9.17, 15) is 0 Å². The van der Waals surface area contributed by atoms with Gasteiger partial charge in [0.2, 0.25) is 0 Å². The highest BCUT2D eigenvalue weighted by molar-refractivity contribution is 7.11. The second-order valence-corrected chi connectivity index (χ2v) is 5.12. The highest BCUT2D eigenvalue weighted by Crippen LogP contribution is 2.38. The Kier molecular flexibility index (Phi) is 3.52. The summed E-state index contributed by atoms with van der Waals surface area (Å²) in [7, 11) is 0. The summed E-state index contributed by atoms with van der Waals surface area (Å²) in [5.74, 6) is 0. The highest BCUT2D eigenvalue weighted by atomic mass is 35.5. The van der Waals surface area contributed by atoms with Crippen molar-refractivity contribution in [2.75, 3.05) is 0 Å². The van der Waals surface area contributed by atoms with Crippen LogP contribution in [0.4, 0.5) is 0 Å². The van der Waals surface area contributed by atoms with Gasteiger partial charge in [-0.05, 0) is 17.1 Å². The average Bonchev–Trinajstić information content (AvgIpc) is 2.60. The van der Waals surface area contributed by atoms with Gasteiger partial charge in [-0.1, -0.05) is 53.5 Å². The Labute approximate surface area is 107 Å². The van der Waals surface area contributed by atoms with Crippen LogP contribution in [0.5, 0.6) is 0 Å². The zero-order chi connectivity index (χ0) is 10.8. The fourth-order valence-corrected chi connectivity index (χ4v) is 2.69. The van der Waals surface area contributed by atoms with E-state index < -0.39 is 0 Å². The van der Waals surface area contributed by atoms with Crippen molar-refractivity contribution in [2.24, 2.45) is 0 Å². The molecule has 0 amide bonds. The molecular weight excluding hydrogens is 273 g/mol. The van der Waals surface area contributed by atoms with E-state index in [1.807, 2.05) is 30.3 Å². The van der Waals surface area contributed by atoms with E-state index in [0.29, 0.717) is 15.1 Å². The fourth-order valence-electron chi connectivity index (χ4n) is 1.21. The number of nitrogens with zero attached hydrogens (tertiary/aromatic N) is 1. The van der Waals surface area contributed by atoms with Crippen molar-refractivity contribution in [2.45, 2.75) is 5.38 Å². The lowest BCUT2D eigenvalue weighted by atomic mass is 10.1. The summed E-state index contributed by atoms with van der Waals surface area (Å²) in [5.41, 5.74) is 1.59. The van der Waals surface area contributed by atoms with Crippen LogP contribution in [-0.2, 0) is 0 Å². The minimum atomic E-state index is -0.345. The number of alkyl halides is 1. The molecule has 0 fully saturated rings. The SMILES string of the molecule is Clc1snc(C(Cl)c2ccccc2)c1Cl. The first-order valence-electron chi connectivity index (χ1n) is 4.19. The third kappa shape index (κ3) is 2.28. The van der Waals surface area contributed by atoms with Gasteiger partial charge in [0.15, 0.2) is 0 Å². The Morgan fingerprint density at radius 3 is 2.33 bits per heavy atom. The molecule has 2 aromatic rings.